The Bertz CT molecular complexity index is 437. The van der Waals surface area contributed by atoms with Crippen molar-refractivity contribution in [2.45, 2.75) is 50.5 Å². The highest BCUT2D eigenvalue weighted by atomic mass is 32.2. The minimum absolute atomic E-state index is 0.0324. The highest BCUT2D eigenvalue weighted by Gasteiger charge is 2.42. The molecule has 0 spiro atoms. The molecule has 19 heavy (non-hydrogen) atoms. The fourth-order valence-corrected chi connectivity index (χ4v) is 4.57. The minimum Gasteiger partial charge on any atom is -0.409 e. The lowest BCUT2D eigenvalue weighted by Crippen LogP contribution is -2.60. The van der Waals surface area contributed by atoms with E-state index in [-0.39, 0.29) is 5.84 Å². The Balaban J connectivity index is 2.20. The van der Waals surface area contributed by atoms with Crippen molar-refractivity contribution in [2.75, 3.05) is 13.1 Å². The second-order valence-electron chi connectivity index (χ2n) is 5.34. The van der Waals surface area contributed by atoms with Crippen molar-refractivity contribution in [2.24, 2.45) is 10.9 Å². The van der Waals surface area contributed by atoms with E-state index in [1.807, 2.05) is 0 Å². The summed E-state index contributed by atoms with van der Waals surface area (Å²) in [7, 11) is -3.56. The van der Waals surface area contributed by atoms with E-state index in [2.05, 4.69) is 9.88 Å². The molecule has 1 saturated heterocycles. The number of oxime groups is 1. The van der Waals surface area contributed by atoms with Gasteiger partial charge >= 0.3 is 0 Å². The molecule has 0 aromatic carbocycles. The maximum Gasteiger partial charge on any atom is 0.280 e. The van der Waals surface area contributed by atoms with Crippen molar-refractivity contribution >= 4 is 16.0 Å². The van der Waals surface area contributed by atoms with E-state index in [4.69, 9.17) is 10.9 Å². The average molecular weight is 290 g/mol. The van der Waals surface area contributed by atoms with E-state index in [0.717, 1.165) is 32.1 Å². The van der Waals surface area contributed by atoms with Gasteiger partial charge in [-0.2, -0.15) is 17.4 Å². The van der Waals surface area contributed by atoms with Crippen molar-refractivity contribution < 1.29 is 13.6 Å². The predicted octanol–water partition coefficient (Wildman–Crippen LogP) is 0.366. The van der Waals surface area contributed by atoms with Crippen LogP contribution in [0.25, 0.3) is 0 Å². The molecule has 0 bridgehead atoms. The molecular weight excluding hydrogens is 268 g/mol. The smallest absolute Gasteiger partial charge is 0.280 e. The molecule has 0 radical (unpaired) electrons. The van der Waals surface area contributed by atoms with Crippen molar-refractivity contribution in [3.05, 3.63) is 0 Å². The number of nitrogens with one attached hydrogen (secondary N) is 1. The number of nitrogens with two attached hydrogens (primary N) is 1. The molecule has 110 valence electrons. The first-order valence-corrected chi connectivity index (χ1v) is 8.21. The van der Waals surface area contributed by atoms with Gasteiger partial charge in [-0.15, -0.1) is 0 Å². The van der Waals surface area contributed by atoms with Crippen molar-refractivity contribution in [3.63, 3.8) is 0 Å². The Kier molecular flexibility index (Phi) is 4.32. The number of nitrogens with zero attached hydrogens (tertiary/aromatic N) is 2. The zero-order valence-electron chi connectivity index (χ0n) is 11.0. The molecular formula is C11H22N4O3S. The predicted molar refractivity (Wildman–Crippen MR) is 72.1 cm³/mol. The molecule has 4 N–H and O–H groups in total. The Morgan fingerprint density at radius 1 is 1.16 bits per heavy atom. The van der Waals surface area contributed by atoms with Crippen molar-refractivity contribution in [3.8, 4) is 0 Å². The Hall–Kier alpha value is -0.860. The molecule has 0 atom stereocenters. The van der Waals surface area contributed by atoms with Crippen molar-refractivity contribution in [1.29, 1.82) is 0 Å². The van der Waals surface area contributed by atoms with Crippen LogP contribution in [0.15, 0.2) is 5.16 Å². The third kappa shape index (κ3) is 3.01. The van der Waals surface area contributed by atoms with Gasteiger partial charge in [-0.25, -0.2) is 0 Å². The quantitative estimate of drug-likeness (QED) is 0.301. The van der Waals surface area contributed by atoms with Gasteiger partial charge in [0.2, 0.25) is 0 Å². The van der Waals surface area contributed by atoms with Gasteiger partial charge in [0, 0.05) is 13.1 Å². The fraction of sp³-hybridized carbons (Fsp3) is 0.909. The van der Waals surface area contributed by atoms with Crippen LogP contribution in [0.5, 0.6) is 0 Å². The molecule has 0 aromatic rings. The molecule has 0 aromatic heterocycles. The van der Waals surface area contributed by atoms with Crippen LogP contribution >= 0.6 is 0 Å². The topological polar surface area (TPSA) is 108 Å². The van der Waals surface area contributed by atoms with Gasteiger partial charge in [-0.05, 0) is 25.7 Å². The van der Waals surface area contributed by atoms with E-state index >= 15 is 0 Å². The average Bonchev–Trinajstić information content (AvgIpc) is 2.93. The normalized spacial score (nSPS) is 25.6. The third-order valence-electron chi connectivity index (χ3n) is 4.03. The molecule has 8 heteroatoms. The standard InChI is InChI=1S/C11H22N4O3S/c12-10(13-16)11(6-2-1-3-7-11)14-19(17,18)15-8-4-5-9-15/h14,16H,1-9H2,(H2,12,13). The Morgan fingerprint density at radius 2 is 1.74 bits per heavy atom. The minimum atomic E-state index is -3.56. The lowest BCUT2D eigenvalue weighted by atomic mass is 9.82. The number of rotatable bonds is 4. The highest BCUT2D eigenvalue weighted by molar-refractivity contribution is 7.87. The molecule has 2 aliphatic rings. The van der Waals surface area contributed by atoms with Crippen LogP contribution in [-0.4, -0.2) is 42.4 Å². The summed E-state index contributed by atoms with van der Waals surface area (Å²) in [5.41, 5.74) is 4.82. The second kappa shape index (κ2) is 5.64. The van der Waals surface area contributed by atoms with Gasteiger partial charge in [0.05, 0.1) is 5.54 Å². The van der Waals surface area contributed by atoms with Gasteiger partial charge < -0.3 is 10.9 Å². The van der Waals surface area contributed by atoms with Crippen molar-refractivity contribution in [1.82, 2.24) is 9.03 Å². The van der Waals surface area contributed by atoms with E-state index in [9.17, 15) is 8.42 Å². The number of hydrogen-bond donors (Lipinski definition) is 3. The van der Waals surface area contributed by atoms with Crippen LogP contribution in [0.4, 0.5) is 0 Å². The first kappa shape index (κ1) is 14.5. The molecule has 1 aliphatic carbocycles. The molecule has 1 aliphatic heterocycles. The maximum absolute atomic E-state index is 12.3. The molecule has 1 heterocycles. The summed E-state index contributed by atoms with van der Waals surface area (Å²) in [4.78, 5) is 0. The summed E-state index contributed by atoms with van der Waals surface area (Å²) in [6.45, 7) is 1.09. The van der Waals surface area contributed by atoms with E-state index in [1.54, 1.807) is 0 Å². The first-order chi connectivity index (χ1) is 9.00. The highest BCUT2D eigenvalue weighted by Crippen LogP contribution is 2.30. The van der Waals surface area contributed by atoms with Gasteiger partial charge in [-0.1, -0.05) is 24.4 Å². The summed E-state index contributed by atoms with van der Waals surface area (Å²) in [5, 5.41) is 12.0. The molecule has 2 rings (SSSR count). The van der Waals surface area contributed by atoms with Crippen LogP contribution in [0, 0.1) is 0 Å². The van der Waals surface area contributed by atoms with Gasteiger partial charge in [-0.3, -0.25) is 0 Å². The van der Waals surface area contributed by atoms with Gasteiger partial charge in [0.15, 0.2) is 5.84 Å². The SMILES string of the molecule is N/C(=N/O)C1(NS(=O)(=O)N2CCCC2)CCCCC1. The lowest BCUT2D eigenvalue weighted by Gasteiger charge is -2.37. The third-order valence-corrected chi connectivity index (χ3v) is 5.73. The fourth-order valence-electron chi connectivity index (χ4n) is 2.90. The molecule has 1 saturated carbocycles. The summed E-state index contributed by atoms with van der Waals surface area (Å²) in [6, 6.07) is 0. The monoisotopic (exact) mass is 290 g/mol. The number of amidine groups is 1. The lowest BCUT2D eigenvalue weighted by molar-refractivity contribution is 0.291. The van der Waals surface area contributed by atoms with Crippen LogP contribution in [0.1, 0.15) is 44.9 Å². The summed E-state index contributed by atoms with van der Waals surface area (Å²) >= 11 is 0. The van der Waals surface area contributed by atoms with E-state index in [0.29, 0.717) is 25.9 Å². The summed E-state index contributed by atoms with van der Waals surface area (Å²) < 4.78 is 28.8. The zero-order chi connectivity index (χ0) is 13.9. The Labute approximate surface area is 114 Å². The molecule has 2 fully saturated rings. The van der Waals surface area contributed by atoms with E-state index in [1.165, 1.54) is 4.31 Å². The van der Waals surface area contributed by atoms with Crippen LogP contribution < -0.4 is 10.5 Å². The van der Waals surface area contributed by atoms with Crippen LogP contribution in [0.2, 0.25) is 0 Å². The van der Waals surface area contributed by atoms with Gasteiger partial charge in [0.1, 0.15) is 0 Å². The molecule has 7 nitrogen and oxygen atoms in total. The van der Waals surface area contributed by atoms with Crippen LogP contribution in [0.3, 0.4) is 0 Å². The van der Waals surface area contributed by atoms with E-state index < -0.39 is 15.7 Å². The molecule has 0 unspecified atom stereocenters. The zero-order valence-corrected chi connectivity index (χ0v) is 11.8. The Morgan fingerprint density at radius 3 is 2.26 bits per heavy atom. The maximum atomic E-state index is 12.3. The molecule has 0 amide bonds. The summed E-state index contributed by atoms with van der Waals surface area (Å²) in [6.07, 6.45) is 5.73. The largest absolute Gasteiger partial charge is 0.409 e. The number of hydrogen-bond acceptors (Lipinski definition) is 4. The van der Waals surface area contributed by atoms with Gasteiger partial charge in [0.25, 0.3) is 10.2 Å². The summed E-state index contributed by atoms with van der Waals surface area (Å²) in [5.74, 6) is -0.0324. The second-order valence-corrected chi connectivity index (χ2v) is 7.01. The first-order valence-electron chi connectivity index (χ1n) is 6.77. The van der Waals surface area contributed by atoms with Crippen LogP contribution in [-0.2, 0) is 10.2 Å².